The van der Waals surface area contributed by atoms with Gasteiger partial charge in [0.05, 0.1) is 11.7 Å². The zero-order valence-corrected chi connectivity index (χ0v) is 11.2. The SMILES string of the molecule is CCC(O)CCNC(=O)c1csc2ccccc12. The third-order valence-electron chi connectivity index (χ3n) is 2.96. The number of fused-ring (bicyclic) bond motifs is 1. The molecule has 0 spiro atoms. The number of benzene rings is 1. The number of amides is 1. The molecule has 1 amide bonds. The minimum absolute atomic E-state index is 0.0595. The summed E-state index contributed by atoms with van der Waals surface area (Å²) in [4.78, 5) is 12.0. The first-order valence-corrected chi connectivity index (χ1v) is 7.02. The van der Waals surface area contributed by atoms with Crippen molar-refractivity contribution in [3.63, 3.8) is 0 Å². The second-order valence-electron chi connectivity index (χ2n) is 4.25. The largest absolute Gasteiger partial charge is 0.393 e. The number of nitrogens with one attached hydrogen (secondary N) is 1. The Balaban J connectivity index is 2.01. The maximum atomic E-state index is 12.0. The summed E-state index contributed by atoms with van der Waals surface area (Å²) in [6.07, 6.45) is 0.992. The number of aliphatic hydroxyl groups excluding tert-OH is 1. The first-order chi connectivity index (χ1) is 8.72. The number of rotatable bonds is 5. The Morgan fingerprint density at radius 2 is 2.22 bits per heavy atom. The van der Waals surface area contributed by atoms with Gasteiger partial charge in [-0.15, -0.1) is 11.3 Å². The highest BCUT2D eigenvalue weighted by molar-refractivity contribution is 7.17. The van der Waals surface area contributed by atoms with Crippen molar-refractivity contribution >= 4 is 27.3 Å². The molecule has 1 aromatic carbocycles. The van der Waals surface area contributed by atoms with E-state index in [4.69, 9.17) is 0 Å². The normalized spacial score (nSPS) is 12.6. The molecule has 1 unspecified atom stereocenters. The van der Waals surface area contributed by atoms with E-state index in [1.807, 2.05) is 36.6 Å². The Kier molecular flexibility index (Phi) is 4.33. The highest BCUT2D eigenvalue weighted by Gasteiger charge is 2.11. The summed E-state index contributed by atoms with van der Waals surface area (Å²) < 4.78 is 1.12. The van der Waals surface area contributed by atoms with Crippen molar-refractivity contribution in [2.45, 2.75) is 25.9 Å². The molecular weight excluding hydrogens is 246 g/mol. The first-order valence-electron chi connectivity index (χ1n) is 6.15. The number of thiophene rings is 1. The van der Waals surface area contributed by atoms with Gasteiger partial charge < -0.3 is 10.4 Å². The minimum Gasteiger partial charge on any atom is -0.393 e. The molecule has 1 atom stereocenters. The molecule has 4 heteroatoms. The van der Waals surface area contributed by atoms with Gasteiger partial charge >= 0.3 is 0 Å². The summed E-state index contributed by atoms with van der Waals surface area (Å²) in [6.45, 7) is 2.44. The van der Waals surface area contributed by atoms with Crippen molar-refractivity contribution in [2.24, 2.45) is 0 Å². The van der Waals surface area contributed by atoms with Crippen LogP contribution in [-0.2, 0) is 0 Å². The van der Waals surface area contributed by atoms with E-state index in [-0.39, 0.29) is 12.0 Å². The van der Waals surface area contributed by atoms with E-state index in [0.717, 1.165) is 22.1 Å². The summed E-state index contributed by atoms with van der Waals surface area (Å²) in [5, 5.41) is 15.2. The molecule has 18 heavy (non-hydrogen) atoms. The average Bonchev–Trinajstić information content (AvgIpc) is 2.82. The van der Waals surface area contributed by atoms with Gasteiger partial charge in [0.25, 0.3) is 5.91 Å². The monoisotopic (exact) mass is 263 g/mol. The van der Waals surface area contributed by atoms with Crippen LogP contribution in [0.15, 0.2) is 29.6 Å². The molecule has 0 bridgehead atoms. The standard InChI is InChI=1S/C14H17NO2S/c1-2-10(16)7-8-15-14(17)12-9-18-13-6-4-3-5-11(12)13/h3-6,9-10,16H,2,7-8H2,1H3,(H,15,17). The van der Waals surface area contributed by atoms with Gasteiger partial charge in [0, 0.05) is 22.0 Å². The molecule has 2 N–H and O–H groups in total. The number of hydrogen-bond acceptors (Lipinski definition) is 3. The van der Waals surface area contributed by atoms with Gasteiger partial charge in [-0.1, -0.05) is 25.1 Å². The summed E-state index contributed by atoms with van der Waals surface area (Å²) in [6, 6.07) is 7.88. The summed E-state index contributed by atoms with van der Waals surface area (Å²) in [5.74, 6) is -0.0595. The van der Waals surface area contributed by atoms with Gasteiger partial charge in [-0.05, 0) is 18.9 Å². The van der Waals surface area contributed by atoms with E-state index in [9.17, 15) is 9.90 Å². The lowest BCUT2D eigenvalue weighted by Crippen LogP contribution is -2.26. The van der Waals surface area contributed by atoms with Crippen LogP contribution < -0.4 is 5.32 Å². The number of hydrogen-bond donors (Lipinski definition) is 2. The molecule has 0 saturated heterocycles. The molecule has 2 aromatic rings. The van der Waals surface area contributed by atoms with Crippen molar-refractivity contribution in [1.29, 1.82) is 0 Å². The van der Waals surface area contributed by atoms with Crippen molar-refractivity contribution in [2.75, 3.05) is 6.54 Å². The Bertz CT molecular complexity index is 535. The fourth-order valence-electron chi connectivity index (χ4n) is 1.81. The Labute approximate surface area is 110 Å². The van der Waals surface area contributed by atoms with Crippen molar-refractivity contribution in [1.82, 2.24) is 5.32 Å². The fraction of sp³-hybridized carbons (Fsp3) is 0.357. The van der Waals surface area contributed by atoms with Crippen LogP contribution in [0.1, 0.15) is 30.1 Å². The lowest BCUT2D eigenvalue weighted by molar-refractivity contribution is 0.0944. The highest BCUT2D eigenvalue weighted by Crippen LogP contribution is 2.25. The molecule has 96 valence electrons. The maximum Gasteiger partial charge on any atom is 0.252 e. The van der Waals surface area contributed by atoms with Crippen LogP contribution in [0.2, 0.25) is 0 Å². The van der Waals surface area contributed by atoms with Crippen LogP contribution in [0, 0.1) is 0 Å². The molecule has 1 aromatic heterocycles. The van der Waals surface area contributed by atoms with Crippen LogP contribution in [0.5, 0.6) is 0 Å². The smallest absolute Gasteiger partial charge is 0.252 e. The van der Waals surface area contributed by atoms with E-state index in [1.165, 1.54) is 0 Å². The van der Waals surface area contributed by atoms with Crippen LogP contribution >= 0.6 is 11.3 Å². The van der Waals surface area contributed by atoms with E-state index in [1.54, 1.807) is 11.3 Å². The number of aliphatic hydroxyl groups is 1. The van der Waals surface area contributed by atoms with Crippen LogP contribution in [-0.4, -0.2) is 23.7 Å². The van der Waals surface area contributed by atoms with Gasteiger partial charge in [0.1, 0.15) is 0 Å². The van der Waals surface area contributed by atoms with Gasteiger partial charge in [0.15, 0.2) is 0 Å². The molecule has 2 rings (SSSR count). The molecule has 3 nitrogen and oxygen atoms in total. The van der Waals surface area contributed by atoms with Crippen LogP contribution in [0.4, 0.5) is 0 Å². The van der Waals surface area contributed by atoms with E-state index >= 15 is 0 Å². The Hall–Kier alpha value is -1.39. The van der Waals surface area contributed by atoms with Crippen molar-refractivity contribution in [3.05, 3.63) is 35.2 Å². The lowest BCUT2D eigenvalue weighted by Gasteiger charge is -2.08. The lowest BCUT2D eigenvalue weighted by atomic mass is 10.1. The quantitative estimate of drug-likeness (QED) is 0.871. The second kappa shape index (κ2) is 5.98. The van der Waals surface area contributed by atoms with Crippen molar-refractivity contribution < 1.29 is 9.90 Å². The summed E-state index contributed by atoms with van der Waals surface area (Å²) >= 11 is 1.58. The molecule has 0 aliphatic carbocycles. The van der Waals surface area contributed by atoms with E-state index in [0.29, 0.717) is 13.0 Å². The zero-order chi connectivity index (χ0) is 13.0. The molecule has 1 heterocycles. The minimum atomic E-state index is -0.329. The topological polar surface area (TPSA) is 49.3 Å². The molecule has 0 fully saturated rings. The first kappa shape index (κ1) is 13.1. The predicted octanol–water partition coefficient (Wildman–Crippen LogP) is 2.79. The van der Waals surface area contributed by atoms with Gasteiger partial charge in [0.2, 0.25) is 0 Å². The number of carbonyl (C=O) groups is 1. The van der Waals surface area contributed by atoms with Crippen LogP contribution in [0.25, 0.3) is 10.1 Å². The molecule has 0 radical (unpaired) electrons. The third-order valence-corrected chi connectivity index (χ3v) is 3.92. The predicted molar refractivity (Wildman–Crippen MR) is 75.1 cm³/mol. The van der Waals surface area contributed by atoms with Crippen molar-refractivity contribution in [3.8, 4) is 0 Å². The van der Waals surface area contributed by atoms with Gasteiger partial charge in [-0.2, -0.15) is 0 Å². The zero-order valence-electron chi connectivity index (χ0n) is 10.3. The molecular formula is C14H17NO2S. The van der Waals surface area contributed by atoms with Gasteiger partial charge in [-0.25, -0.2) is 0 Å². The summed E-state index contributed by atoms with van der Waals surface area (Å²) in [5.41, 5.74) is 0.724. The second-order valence-corrected chi connectivity index (χ2v) is 5.16. The van der Waals surface area contributed by atoms with E-state index < -0.39 is 0 Å². The Morgan fingerprint density at radius 1 is 1.44 bits per heavy atom. The Morgan fingerprint density at radius 3 is 3.00 bits per heavy atom. The molecule has 0 saturated carbocycles. The molecule has 0 aliphatic heterocycles. The fourth-order valence-corrected chi connectivity index (χ4v) is 2.75. The number of carbonyl (C=O) groups excluding carboxylic acids is 1. The highest BCUT2D eigenvalue weighted by atomic mass is 32.1. The maximum absolute atomic E-state index is 12.0. The molecule has 0 aliphatic rings. The summed E-state index contributed by atoms with van der Waals surface area (Å²) in [7, 11) is 0. The average molecular weight is 263 g/mol. The van der Waals surface area contributed by atoms with Gasteiger partial charge in [-0.3, -0.25) is 4.79 Å². The third kappa shape index (κ3) is 2.89. The van der Waals surface area contributed by atoms with Crippen LogP contribution in [0.3, 0.4) is 0 Å². The van der Waals surface area contributed by atoms with E-state index in [2.05, 4.69) is 5.32 Å².